The van der Waals surface area contributed by atoms with Crippen molar-refractivity contribution in [1.29, 1.82) is 0 Å². The molecule has 1 aromatic carbocycles. The molecule has 16 heavy (non-hydrogen) atoms. The molecule has 0 heterocycles. The summed E-state index contributed by atoms with van der Waals surface area (Å²) in [5.41, 5.74) is 3.47. The third kappa shape index (κ3) is 3.26. The Morgan fingerprint density at radius 2 is 2.06 bits per heavy atom. The molecule has 0 amide bonds. The number of methoxy groups -OCH3 is 1. The monoisotopic (exact) mass is 222 g/mol. The molecule has 0 saturated carbocycles. The average Bonchev–Trinajstić information content (AvgIpc) is 2.22. The first-order valence-corrected chi connectivity index (χ1v) is 5.40. The number of ether oxygens (including phenoxy) is 1. The van der Waals surface area contributed by atoms with Crippen LogP contribution in [0, 0.1) is 13.8 Å². The summed E-state index contributed by atoms with van der Waals surface area (Å²) < 4.78 is 5.28. The summed E-state index contributed by atoms with van der Waals surface area (Å²) in [6.45, 7) is 4.06. The van der Waals surface area contributed by atoms with Crippen molar-refractivity contribution in [3.05, 3.63) is 28.8 Å². The molecule has 0 fully saturated rings. The maximum absolute atomic E-state index is 10.4. The van der Waals surface area contributed by atoms with E-state index in [0.29, 0.717) is 6.42 Å². The van der Waals surface area contributed by atoms with E-state index >= 15 is 0 Å². The van der Waals surface area contributed by atoms with E-state index in [1.165, 1.54) is 5.56 Å². The Balaban J connectivity index is 2.74. The van der Waals surface area contributed by atoms with Gasteiger partial charge >= 0.3 is 5.97 Å². The molecule has 0 aliphatic carbocycles. The largest absolute Gasteiger partial charge is 0.496 e. The van der Waals surface area contributed by atoms with E-state index in [1.54, 1.807) is 7.11 Å². The Bertz CT molecular complexity index is 383. The predicted octanol–water partition coefficient (Wildman–Crippen LogP) is 2.72. The number of aliphatic carboxylic acids is 1. The van der Waals surface area contributed by atoms with Gasteiger partial charge in [0.2, 0.25) is 0 Å². The Hall–Kier alpha value is -1.51. The molecule has 0 aliphatic rings. The van der Waals surface area contributed by atoms with Gasteiger partial charge in [-0.3, -0.25) is 4.79 Å². The lowest BCUT2D eigenvalue weighted by molar-refractivity contribution is -0.137. The van der Waals surface area contributed by atoms with Crippen LogP contribution in [0.4, 0.5) is 0 Å². The summed E-state index contributed by atoms with van der Waals surface area (Å²) in [5.74, 6) is 0.140. The number of hydrogen-bond donors (Lipinski definition) is 1. The van der Waals surface area contributed by atoms with Crippen molar-refractivity contribution < 1.29 is 14.6 Å². The molecule has 3 nitrogen and oxygen atoms in total. The molecule has 0 unspecified atom stereocenters. The molecule has 1 rings (SSSR count). The van der Waals surface area contributed by atoms with Gasteiger partial charge in [0, 0.05) is 6.42 Å². The Labute approximate surface area is 96.1 Å². The minimum Gasteiger partial charge on any atom is -0.496 e. The maximum Gasteiger partial charge on any atom is 0.303 e. The normalized spacial score (nSPS) is 10.2. The number of hydrogen-bond acceptors (Lipinski definition) is 2. The fraction of sp³-hybridized carbons (Fsp3) is 0.462. The summed E-state index contributed by atoms with van der Waals surface area (Å²) in [7, 11) is 1.66. The van der Waals surface area contributed by atoms with Crippen LogP contribution in [0.25, 0.3) is 0 Å². The van der Waals surface area contributed by atoms with Crippen LogP contribution in [0.5, 0.6) is 5.75 Å². The van der Waals surface area contributed by atoms with Crippen molar-refractivity contribution in [2.24, 2.45) is 0 Å². The first-order valence-electron chi connectivity index (χ1n) is 5.40. The quantitative estimate of drug-likeness (QED) is 0.833. The van der Waals surface area contributed by atoms with Gasteiger partial charge in [0.1, 0.15) is 5.75 Å². The molecule has 0 aliphatic heterocycles. The van der Waals surface area contributed by atoms with E-state index in [2.05, 4.69) is 6.07 Å². The molecule has 1 aromatic rings. The molecule has 88 valence electrons. The van der Waals surface area contributed by atoms with Gasteiger partial charge in [0.05, 0.1) is 7.11 Å². The fourth-order valence-corrected chi connectivity index (χ4v) is 1.70. The van der Waals surface area contributed by atoms with E-state index in [9.17, 15) is 4.79 Å². The van der Waals surface area contributed by atoms with Crippen LogP contribution in [0.3, 0.4) is 0 Å². The number of carbonyl (C=O) groups is 1. The van der Waals surface area contributed by atoms with Crippen molar-refractivity contribution in [3.63, 3.8) is 0 Å². The molecule has 3 heteroatoms. The Morgan fingerprint density at radius 1 is 1.38 bits per heavy atom. The first kappa shape index (κ1) is 12.6. The number of aryl methyl sites for hydroxylation is 2. The molecule has 0 atom stereocenters. The number of carboxylic acids is 1. The topological polar surface area (TPSA) is 46.5 Å². The van der Waals surface area contributed by atoms with Crippen LogP contribution in [-0.4, -0.2) is 18.2 Å². The maximum atomic E-state index is 10.4. The van der Waals surface area contributed by atoms with Crippen LogP contribution in [0.1, 0.15) is 29.5 Å². The minimum atomic E-state index is -0.740. The zero-order valence-corrected chi connectivity index (χ0v) is 10.0. The molecule has 0 spiro atoms. The number of carboxylic acid groups (broad SMARTS) is 1. The molecule has 1 N–H and O–H groups in total. The SMILES string of the molecule is COc1cc(CCCC(=O)O)cc(C)c1C. The highest BCUT2D eigenvalue weighted by Crippen LogP contribution is 2.24. The molecule has 0 aromatic heterocycles. The highest BCUT2D eigenvalue weighted by Gasteiger charge is 2.05. The molecular formula is C13H18O3. The second-order valence-corrected chi connectivity index (χ2v) is 3.99. The highest BCUT2D eigenvalue weighted by atomic mass is 16.5. The van der Waals surface area contributed by atoms with Gasteiger partial charge < -0.3 is 9.84 Å². The smallest absolute Gasteiger partial charge is 0.303 e. The summed E-state index contributed by atoms with van der Waals surface area (Å²) in [5, 5.41) is 8.57. The van der Waals surface area contributed by atoms with Gasteiger partial charge in [-0.1, -0.05) is 6.07 Å². The third-order valence-corrected chi connectivity index (χ3v) is 2.76. The Morgan fingerprint density at radius 3 is 2.62 bits per heavy atom. The summed E-state index contributed by atoms with van der Waals surface area (Å²) in [6, 6.07) is 4.09. The van der Waals surface area contributed by atoms with Crippen molar-refractivity contribution in [2.75, 3.05) is 7.11 Å². The summed E-state index contributed by atoms with van der Waals surface area (Å²) >= 11 is 0. The van der Waals surface area contributed by atoms with Gasteiger partial charge in [-0.15, -0.1) is 0 Å². The lowest BCUT2D eigenvalue weighted by atomic mass is 10.0. The average molecular weight is 222 g/mol. The van der Waals surface area contributed by atoms with E-state index in [4.69, 9.17) is 9.84 Å². The molecular weight excluding hydrogens is 204 g/mol. The third-order valence-electron chi connectivity index (χ3n) is 2.76. The minimum absolute atomic E-state index is 0.217. The number of rotatable bonds is 5. The lowest BCUT2D eigenvalue weighted by Gasteiger charge is -2.10. The summed E-state index contributed by atoms with van der Waals surface area (Å²) in [4.78, 5) is 10.4. The Kier molecular flexibility index (Phi) is 4.35. The number of benzene rings is 1. The van der Waals surface area contributed by atoms with Gasteiger partial charge in [0.15, 0.2) is 0 Å². The first-order chi connectivity index (χ1) is 7.54. The molecule has 0 bridgehead atoms. The van der Waals surface area contributed by atoms with Crippen LogP contribution >= 0.6 is 0 Å². The second-order valence-electron chi connectivity index (χ2n) is 3.99. The zero-order chi connectivity index (χ0) is 12.1. The predicted molar refractivity (Wildman–Crippen MR) is 63.0 cm³/mol. The van der Waals surface area contributed by atoms with E-state index in [0.717, 1.165) is 23.3 Å². The van der Waals surface area contributed by atoms with Crippen LogP contribution in [0.15, 0.2) is 12.1 Å². The van der Waals surface area contributed by atoms with Crippen molar-refractivity contribution >= 4 is 5.97 Å². The molecule has 0 radical (unpaired) electrons. The van der Waals surface area contributed by atoms with Crippen LogP contribution in [0.2, 0.25) is 0 Å². The van der Waals surface area contributed by atoms with Gasteiger partial charge in [-0.05, 0) is 49.4 Å². The second kappa shape index (κ2) is 5.54. The lowest BCUT2D eigenvalue weighted by Crippen LogP contribution is -1.98. The van der Waals surface area contributed by atoms with E-state index < -0.39 is 5.97 Å². The van der Waals surface area contributed by atoms with E-state index in [1.807, 2.05) is 19.9 Å². The van der Waals surface area contributed by atoms with Gasteiger partial charge in [-0.2, -0.15) is 0 Å². The fourth-order valence-electron chi connectivity index (χ4n) is 1.70. The van der Waals surface area contributed by atoms with Crippen molar-refractivity contribution in [1.82, 2.24) is 0 Å². The van der Waals surface area contributed by atoms with E-state index in [-0.39, 0.29) is 6.42 Å². The summed E-state index contributed by atoms with van der Waals surface area (Å²) in [6.07, 6.45) is 1.67. The van der Waals surface area contributed by atoms with Gasteiger partial charge in [0.25, 0.3) is 0 Å². The van der Waals surface area contributed by atoms with Crippen LogP contribution in [-0.2, 0) is 11.2 Å². The van der Waals surface area contributed by atoms with Crippen molar-refractivity contribution in [2.45, 2.75) is 33.1 Å². The van der Waals surface area contributed by atoms with Crippen molar-refractivity contribution in [3.8, 4) is 5.75 Å². The zero-order valence-electron chi connectivity index (χ0n) is 10.0. The highest BCUT2D eigenvalue weighted by molar-refractivity contribution is 5.66. The van der Waals surface area contributed by atoms with Crippen LogP contribution < -0.4 is 4.74 Å². The van der Waals surface area contributed by atoms with Gasteiger partial charge in [-0.25, -0.2) is 0 Å². The standard InChI is InChI=1S/C13H18O3/c1-9-7-11(5-4-6-13(14)15)8-12(16-3)10(9)2/h7-8H,4-6H2,1-3H3,(H,14,15). The molecule has 0 saturated heterocycles.